The number of aryl methyl sites for hydroxylation is 1. The Morgan fingerprint density at radius 3 is 2.71 bits per heavy atom. The lowest BCUT2D eigenvalue weighted by molar-refractivity contribution is -0.116. The number of carbonyl (C=O) groups excluding carboxylic acids is 1. The molecule has 0 saturated carbocycles. The molecule has 0 atom stereocenters. The fourth-order valence-corrected chi connectivity index (χ4v) is 2.52. The summed E-state index contributed by atoms with van der Waals surface area (Å²) in [6.07, 6.45) is 8.32. The predicted octanol–water partition coefficient (Wildman–Crippen LogP) is 2.22. The first kappa shape index (κ1) is 19.1. The van der Waals surface area contributed by atoms with Gasteiger partial charge >= 0.3 is 0 Å². The molecule has 0 aliphatic carbocycles. The van der Waals surface area contributed by atoms with Crippen LogP contribution < -0.4 is 15.4 Å². The Balaban J connectivity index is 1.44. The fourth-order valence-electron chi connectivity index (χ4n) is 2.52. The van der Waals surface area contributed by atoms with Crippen molar-refractivity contribution in [1.82, 2.24) is 24.8 Å². The molecule has 0 unspecified atom stereocenters. The van der Waals surface area contributed by atoms with Gasteiger partial charge in [0.25, 0.3) is 0 Å². The van der Waals surface area contributed by atoms with Gasteiger partial charge in [0.05, 0.1) is 7.11 Å². The Hall–Kier alpha value is -3.68. The second-order valence-corrected chi connectivity index (χ2v) is 5.93. The maximum absolute atomic E-state index is 11.9. The standard InChI is InChI=1S/C20H22N6O2/c1-15-21-11-12-26(15)19-13-18(24-14-25-19)22-9-10-23-20(27)8-5-16-3-6-17(28-2)7-4-16/h3-8,11-14H,9-10H2,1-2H3,(H,23,27)(H,22,24,25)/b8-5+. The fraction of sp³-hybridized carbons (Fsp3) is 0.200. The average molecular weight is 378 g/mol. The van der Waals surface area contributed by atoms with Crippen molar-refractivity contribution < 1.29 is 9.53 Å². The Bertz CT molecular complexity index is 949. The van der Waals surface area contributed by atoms with Gasteiger partial charge in [-0.25, -0.2) is 15.0 Å². The molecule has 1 amide bonds. The number of benzene rings is 1. The topological polar surface area (TPSA) is 94.0 Å². The van der Waals surface area contributed by atoms with E-state index in [1.807, 2.05) is 48.0 Å². The highest BCUT2D eigenvalue weighted by Crippen LogP contribution is 2.12. The van der Waals surface area contributed by atoms with E-state index in [-0.39, 0.29) is 5.91 Å². The van der Waals surface area contributed by atoms with Crippen LogP contribution in [0.2, 0.25) is 0 Å². The summed E-state index contributed by atoms with van der Waals surface area (Å²) in [5.41, 5.74) is 0.928. The van der Waals surface area contributed by atoms with E-state index in [1.165, 1.54) is 12.4 Å². The average Bonchev–Trinajstić information content (AvgIpc) is 3.16. The zero-order chi connectivity index (χ0) is 19.8. The molecule has 1 aromatic carbocycles. The van der Waals surface area contributed by atoms with Crippen LogP contribution in [0.5, 0.6) is 5.75 Å². The molecule has 0 bridgehead atoms. The van der Waals surface area contributed by atoms with Crippen molar-refractivity contribution >= 4 is 17.8 Å². The summed E-state index contributed by atoms with van der Waals surface area (Å²) in [7, 11) is 1.62. The van der Waals surface area contributed by atoms with Crippen LogP contribution in [0.3, 0.4) is 0 Å². The summed E-state index contributed by atoms with van der Waals surface area (Å²) in [5, 5.41) is 6.00. The molecule has 8 nitrogen and oxygen atoms in total. The van der Waals surface area contributed by atoms with Crippen molar-refractivity contribution in [2.45, 2.75) is 6.92 Å². The number of nitrogens with one attached hydrogen (secondary N) is 2. The van der Waals surface area contributed by atoms with Gasteiger partial charge in [-0.3, -0.25) is 9.36 Å². The second kappa shape index (κ2) is 9.31. The minimum Gasteiger partial charge on any atom is -0.497 e. The minimum atomic E-state index is -0.157. The van der Waals surface area contributed by atoms with Crippen LogP contribution in [0.4, 0.5) is 5.82 Å². The molecule has 2 heterocycles. The summed E-state index contributed by atoms with van der Waals surface area (Å²) in [4.78, 5) is 24.5. The quantitative estimate of drug-likeness (QED) is 0.461. The lowest BCUT2D eigenvalue weighted by Gasteiger charge is -2.08. The third kappa shape index (κ3) is 5.16. The van der Waals surface area contributed by atoms with Gasteiger partial charge in [0.15, 0.2) is 0 Å². The van der Waals surface area contributed by atoms with E-state index in [9.17, 15) is 4.79 Å². The highest BCUT2D eigenvalue weighted by Gasteiger charge is 2.04. The zero-order valence-corrected chi connectivity index (χ0v) is 15.8. The minimum absolute atomic E-state index is 0.157. The van der Waals surface area contributed by atoms with Gasteiger partial charge in [0.2, 0.25) is 5.91 Å². The van der Waals surface area contributed by atoms with Crippen LogP contribution in [0.15, 0.2) is 55.1 Å². The van der Waals surface area contributed by atoms with E-state index >= 15 is 0 Å². The Morgan fingerprint density at radius 2 is 2.00 bits per heavy atom. The number of ether oxygens (including phenoxy) is 1. The predicted molar refractivity (Wildman–Crippen MR) is 107 cm³/mol. The van der Waals surface area contributed by atoms with E-state index in [2.05, 4.69) is 25.6 Å². The van der Waals surface area contributed by atoms with Crippen LogP contribution >= 0.6 is 0 Å². The van der Waals surface area contributed by atoms with Crippen LogP contribution in [-0.2, 0) is 4.79 Å². The zero-order valence-electron chi connectivity index (χ0n) is 15.8. The molecule has 0 aliphatic heterocycles. The van der Waals surface area contributed by atoms with E-state index in [0.717, 1.165) is 23.0 Å². The number of amides is 1. The number of methoxy groups -OCH3 is 1. The first-order valence-corrected chi connectivity index (χ1v) is 8.82. The number of nitrogens with zero attached hydrogens (tertiary/aromatic N) is 4. The van der Waals surface area contributed by atoms with Crippen molar-refractivity contribution in [3.63, 3.8) is 0 Å². The lowest BCUT2D eigenvalue weighted by atomic mass is 10.2. The Labute approximate surface area is 163 Å². The smallest absolute Gasteiger partial charge is 0.244 e. The largest absolute Gasteiger partial charge is 0.497 e. The molecule has 28 heavy (non-hydrogen) atoms. The molecule has 0 saturated heterocycles. The van der Waals surface area contributed by atoms with Crippen LogP contribution in [0.1, 0.15) is 11.4 Å². The molecule has 3 rings (SSSR count). The third-order valence-electron chi connectivity index (χ3n) is 4.00. The van der Waals surface area contributed by atoms with Crippen LogP contribution in [0, 0.1) is 6.92 Å². The number of anilines is 1. The monoisotopic (exact) mass is 378 g/mol. The molecule has 0 spiro atoms. The molecular weight excluding hydrogens is 356 g/mol. The lowest BCUT2D eigenvalue weighted by Crippen LogP contribution is -2.27. The maximum atomic E-state index is 11.9. The summed E-state index contributed by atoms with van der Waals surface area (Å²) >= 11 is 0. The van der Waals surface area contributed by atoms with Gasteiger partial charge in [0.1, 0.15) is 29.5 Å². The highest BCUT2D eigenvalue weighted by atomic mass is 16.5. The number of hydrogen-bond donors (Lipinski definition) is 2. The highest BCUT2D eigenvalue weighted by molar-refractivity contribution is 5.91. The molecule has 144 valence electrons. The summed E-state index contributed by atoms with van der Waals surface area (Å²) < 4.78 is 6.98. The molecular formula is C20H22N6O2. The van der Waals surface area contributed by atoms with Crippen molar-refractivity contribution in [3.05, 3.63) is 66.5 Å². The molecule has 0 radical (unpaired) electrons. The molecule has 0 aliphatic rings. The molecule has 0 fully saturated rings. The van der Waals surface area contributed by atoms with Gasteiger partial charge < -0.3 is 15.4 Å². The van der Waals surface area contributed by atoms with Gasteiger partial charge in [0, 0.05) is 37.6 Å². The molecule has 3 aromatic rings. The van der Waals surface area contributed by atoms with Crippen molar-refractivity contribution in [3.8, 4) is 11.6 Å². The number of carbonyl (C=O) groups is 1. The van der Waals surface area contributed by atoms with Crippen LogP contribution in [0.25, 0.3) is 11.9 Å². The first-order chi connectivity index (χ1) is 13.7. The SMILES string of the molecule is COc1ccc(/C=C/C(=O)NCCNc2cc(-n3ccnc3C)ncn2)cc1. The molecule has 2 aromatic heterocycles. The molecule has 8 heteroatoms. The number of hydrogen-bond acceptors (Lipinski definition) is 6. The van der Waals surface area contributed by atoms with Gasteiger partial charge in [-0.2, -0.15) is 0 Å². The second-order valence-electron chi connectivity index (χ2n) is 5.93. The first-order valence-electron chi connectivity index (χ1n) is 8.82. The Kier molecular flexibility index (Phi) is 6.35. The number of rotatable bonds is 8. The van der Waals surface area contributed by atoms with E-state index in [1.54, 1.807) is 19.4 Å². The van der Waals surface area contributed by atoms with Crippen molar-refractivity contribution in [2.24, 2.45) is 0 Å². The summed E-state index contributed by atoms with van der Waals surface area (Å²) in [6, 6.07) is 9.31. The van der Waals surface area contributed by atoms with E-state index in [4.69, 9.17) is 4.74 Å². The van der Waals surface area contributed by atoms with Crippen LogP contribution in [-0.4, -0.2) is 45.6 Å². The van der Waals surface area contributed by atoms with Gasteiger partial charge in [-0.1, -0.05) is 12.1 Å². The number of imidazole rings is 1. The third-order valence-corrected chi connectivity index (χ3v) is 4.00. The summed E-state index contributed by atoms with van der Waals surface area (Å²) in [5.74, 6) is 2.89. The number of aromatic nitrogens is 4. The maximum Gasteiger partial charge on any atom is 0.244 e. The summed E-state index contributed by atoms with van der Waals surface area (Å²) in [6.45, 7) is 2.92. The van der Waals surface area contributed by atoms with E-state index < -0.39 is 0 Å². The van der Waals surface area contributed by atoms with Crippen molar-refractivity contribution in [2.75, 3.05) is 25.5 Å². The Morgan fingerprint density at radius 1 is 1.18 bits per heavy atom. The van der Waals surface area contributed by atoms with Crippen molar-refractivity contribution in [1.29, 1.82) is 0 Å². The van der Waals surface area contributed by atoms with Gasteiger partial charge in [-0.05, 0) is 30.7 Å². The normalized spacial score (nSPS) is 10.8. The van der Waals surface area contributed by atoms with E-state index in [0.29, 0.717) is 18.9 Å². The molecule has 2 N–H and O–H groups in total. The van der Waals surface area contributed by atoms with Gasteiger partial charge in [-0.15, -0.1) is 0 Å².